The van der Waals surface area contributed by atoms with Gasteiger partial charge in [-0.3, -0.25) is 14.4 Å². The predicted octanol–water partition coefficient (Wildman–Crippen LogP) is 13.8. The maximum absolute atomic E-state index is 12.7. The zero-order valence-electron chi connectivity index (χ0n) is 34.8. The fraction of sp³-hybridized carbons (Fsp3) is 0.688. The van der Waals surface area contributed by atoms with E-state index in [0.717, 1.165) is 57.8 Å². The lowest BCUT2D eigenvalue weighted by atomic mass is 10.0. The molecule has 0 saturated heterocycles. The van der Waals surface area contributed by atoms with Crippen molar-refractivity contribution in [2.45, 2.75) is 206 Å². The highest BCUT2D eigenvalue weighted by molar-refractivity contribution is 5.80. The van der Waals surface area contributed by atoms with Gasteiger partial charge in [-0.15, -0.1) is 0 Å². The number of hydrogen-bond donors (Lipinski definition) is 2. The molecule has 0 fully saturated rings. The van der Waals surface area contributed by atoms with Crippen LogP contribution in [0.15, 0.2) is 72.9 Å². The summed E-state index contributed by atoms with van der Waals surface area (Å²) in [5.41, 5.74) is 0. The second-order valence-corrected chi connectivity index (χ2v) is 14.6. The van der Waals surface area contributed by atoms with Gasteiger partial charge < -0.3 is 15.2 Å². The van der Waals surface area contributed by atoms with Crippen LogP contribution in [0.3, 0.4) is 0 Å². The van der Waals surface area contributed by atoms with Crippen LogP contribution >= 0.6 is 0 Å². The molecule has 6 nitrogen and oxygen atoms in total. The van der Waals surface area contributed by atoms with E-state index in [0.29, 0.717) is 25.7 Å². The number of allylic oxidation sites excluding steroid dienone is 11. The average molecular weight is 752 g/mol. The van der Waals surface area contributed by atoms with Crippen molar-refractivity contribution in [3.8, 4) is 0 Å². The van der Waals surface area contributed by atoms with Gasteiger partial charge in [0.2, 0.25) is 5.91 Å². The van der Waals surface area contributed by atoms with Crippen molar-refractivity contribution in [1.82, 2.24) is 5.32 Å². The summed E-state index contributed by atoms with van der Waals surface area (Å²) in [6, 6.07) is 0. The Morgan fingerprint density at radius 3 is 1.50 bits per heavy atom. The van der Waals surface area contributed by atoms with Crippen LogP contribution in [-0.4, -0.2) is 35.6 Å². The summed E-state index contributed by atoms with van der Waals surface area (Å²) in [5, 5.41) is 11.1. The van der Waals surface area contributed by atoms with Gasteiger partial charge in [-0.25, -0.2) is 0 Å². The normalized spacial score (nSPS) is 12.8. The van der Waals surface area contributed by atoms with Crippen molar-refractivity contribution < 1.29 is 24.2 Å². The Bertz CT molecular complexity index is 1050. The summed E-state index contributed by atoms with van der Waals surface area (Å²) >= 11 is 0. The first-order valence-electron chi connectivity index (χ1n) is 22.1. The van der Waals surface area contributed by atoms with E-state index < -0.39 is 5.97 Å². The molecule has 54 heavy (non-hydrogen) atoms. The highest BCUT2D eigenvalue weighted by atomic mass is 16.5. The molecule has 308 valence electrons. The number of amides is 1. The lowest BCUT2D eigenvalue weighted by Gasteiger charge is -2.14. The van der Waals surface area contributed by atoms with Crippen LogP contribution < -0.4 is 5.32 Å². The van der Waals surface area contributed by atoms with Gasteiger partial charge in [-0.1, -0.05) is 171 Å². The zero-order chi connectivity index (χ0) is 39.4. The zero-order valence-corrected chi connectivity index (χ0v) is 34.8. The highest BCUT2D eigenvalue weighted by Gasteiger charge is 2.12. The quantitative estimate of drug-likeness (QED) is 0.0371. The Balaban J connectivity index is 4.10. The van der Waals surface area contributed by atoms with Crippen molar-refractivity contribution >= 4 is 17.8 Å². The van der Waals surface area contributed by atoms with Gasteiger partial charge in [-0.2, -0.15) is 0 Å². The van der Waals surface area contributed by atoms with Crippen molar-refractivity contribution in [3.63, 3.8) is 0 Å². The van der Waals surface area contributed by atoms with E-state index in [1.165, 1.54) is 103 Å². The molecule has 0 aromatic rings. The molecule has 1 atom stereocenters. The molecule has 0 spiro atoms. The van der Waals surface area contributed by atoms with Crippen molar-refractivity contribution in [1.29, 1.82) is 0 Å². The summed E-state index contributed by atoms with van der Waals surface area (Å²) in [4.78, 5) is 35.1. The molecule has 0 radical (unpaired) electrons. The number of nitrogens with one attached hydrogen (secondary N) is 1. The first-order valence-corrected chi connectivity index (χ1v) is 22.1. The number of ether oxygens (including phenoxy) is 1. The maximum Gasteiger partial charge on any atom is 0.322 e. The molecule has 0 aliphatic carbocycles. The van der Waals surface area contributed by atoms with E-state index >= 15 is 0 Å². The number of esters is 1. The van der Waals surface area contributed by atoms with E-state index in [1.807, 2.05) is 6.08 Å². The van der Waals surface area contributed by atoms with E-state index in [9.17, 15) is 14.4 Å². The molecular weight excluding hydrogens is 671 g/mol. The minimum atomic E-state index is -1.04. The minimum Gasteiger partial charge on any atom is -0.480 e. The van der Waals surface area contributed by atoms with Crippen LogP contribution in [-0.2, 0) is 19.1 Å². The Hall–Kier alpha value is -3.15. The summed E-state index contributed by atoms with van der Waals surface area (Å²) in [7, 11) is 0. The fourth-order valence-electron chi connectivity index (χ4n) is 6.10. The number of unbranched alkanes of at least 4 members (excludes halogenated alkanes) is 18. The van der Waals surface area contributed by atoms with Gasteiger partial charge in [0.05, 0.1) is 0 Å². The molecule has 0 bridgehead atoms. The number of aliphatic carboxylic acids is 1. The van der Waals surface area contributed by atoms with E-state index in [-0.39, 0.29) is 24.5 Å². The molecule has 0 aromatic carbocycles. The summed E-state index contributed by atoms with van der Waals surface area (Å²) < 4.78 is 5.87. The summed E-state index contributed by atoms with van der Waals surface area (Å²) in [6.07, 6.45) is 57.6. The number of rotatable bonds is 39. The molecule has 2 N–H and O–H groups in total. The molecular formula is C48H81NO5. The lowest BCUT2D eigenvalue weighted by Crippen LogP contribution is -2.28. The van der Waals surface area contributed by atoms with Crippen LogP contribution in [0, 0.1) is 0 Å². The molecule has 0 saturated carbocycles. The predicted molar refractivity (Wildman–Crippen MR) is 231 cm³/mol. The largest absolute Gasteiger partial charge is 0.480 e. The van der Waals surface area contributed by atoms with Crippen LogP contribution in [0.1, 0.15) is 200 Å². The van der Waals surface area contributed by atoms with Crippen molar-refractivity contribution in [2.75, 3.05) is 6.54 Å². The second-order valence-electron chi connectivity index (χ2n) is 14.6. The molecule has 0 aliphatic heterocycles. The Morgan fingerprint density at radius 1 is 0.519 bits per heavy atom. The average Bonchev–Trinajstić information content (AvgIpc) is 3.16. The minimum absolute atomic E-state index is 0.133. The second kappa shape index (κ2) is 42.6. The van der Waals surface area contributed by atoms with Gasteiger partial charge in [0.25, 0.3) is 0 Å². The summed E-state index contributed by atoms with van der Waals surface area (Å²) in [6.45, 7) is 4.06. The van der Waals surface area contributed by atoms with Crippen molar-refractivity contribution in [3.05, 3.63) is 72.9 Å². The highest BCUT2D eigenvalue weighted by Crippen LogP contribution is 2.15. The lowest BCUT2D eigenvalue weighted by molar-refractivity contribution is -0.147. The molecule has 0 aromatic heterocycles. The van der Waals surface area contributed by atoms with E-state index in [2.05, 4.69) is 86.0 Å². The molecule has 1 amide bonds. The Morgan fingerprint density at radius 2 is 0.963 bits per heavy atom. The SMILES string of the molecule is CC/C=C\C/C=C\C/C=C\C/C=C\C(CCCCCC(=O)NCC(=O)O)OC(=O)CCCCCCCCCCCCC/C=C\C/C=C\CCCCCCC. The van der Waals surface area contributed by atoms with Crippen LogP contribution in [0.25, 0.3) is 0 Å². The van der Waals surface area contributed by atoms with E-state index in [1.54, 1.807) is 0 Å². The number of carbonyl (C=O) groups excluding carboxylic acids is 2. The molecule has 0 aliphatic rings. The molecule has 0 heterocycles. The molecule has 1 unspecified atom stereocenters. The number of carboxylic acids is 1. The van der Waals surface area contributed by atoms with Gasteiger partial charge in [0.15, 0.2) is 0 Å². The van der Waals surface area contributed by atoms with Crippen molar-refractivity contribution in [2.24, 2.45) is 0 Å². The third-order valence-corrected chi connectivity index (χ3v) is 9.35. The van der Waals surface area contributed by atoms with Crippen LogP contribution in [0.5, 0.6) is 0 Å². The third kappa shape index (κ3) is 41.6. The Labute approximate surface area is 332 Å². The van der Waals surface area contributed by atoms with Gasteiger partial charge in [0, 0.05) is 12.8 Å². The molecule has 6 heteroatoms. The first-order chi connectivity index (χ1) is 26.5. The van der Waals surface area contributed by atoms with Gasteiger partial charge in [0.1, 0.15) is 12.6 Å². The van der Waals surface area contributed by atoms with Crippen LogP contribution in [0.4, 0.5) is 0 Å². The fourth-order valence-corrected chi connectivity index (χ4v) is 6.10. The standard InChI is InChI=1S/C48H81NO5/c1-3-5-7-9-11-13-15-16-17-18-19-20-21-22-23-24-25-26-28-30-32-34-39-43-48(53)54-45(41-37-35-38-42-46(50)49-44-47(51)52)40-36-33-31-29-27-14-12-10-8-6-4-2/h6,8,12,14-16,18-19,29,31,36,40,45H,3-5,7,9-11,13,17,20-28,30,32-35,37-39,41-44H2,1-2H3,(H,49,50)(H,51,52)/b8-6-,14-12-,16-15-,19-18-,31-29-,40-36-. The molecule has 0 rings (SSSR count). The monoisotopic (exact) mass is 752 g/mol. The van der Waals surface area contributed by atoms with Gasteiger partial charge >= 0.3 is 11.9 Å². The third-order valence-electron chi connectivity index (χ3n) is 9.35. The van der Waals surface area contributed by atoms with E-state index in [4.69, 9.17) is 9.84 Å². The topological polar surface area (TPSA) is 92.7 Å². The van der Waals surface area contributed by atoms with Gasteiger partial charge in [-0.05, 0) is 89.5 Å². The Kier molecular flexibility index (Phi) is 40.1. The number of hydrogen-bond acceptors (Lipinski definition) is 4. The summed E-state index contributed by atoms with van der Waals surface area (Å²) in [5.74, 6) is -1.42. The van der Waals surface area contributed by atoms with Crippen LogP contribution in [0.2, 0.25) is 0 Å². The maximum atomic E-state index is 12.7. The first kappa shape index (κ1) is 50.9. The smallest absolute Gasteiger partial charge is 0.322 e. The number of carboxylic acid groups (broad SMARTS) is 1. The number of carbonyl (C=O) groups is 3.